The predicted molar refractivity (Wildman–Crippen MR) is 82.6 cm³/mol. The molecule has 1 heterocycles. The van der Waals surface area contributed by atoms with Crippen LogP contribution in [0.1, 0.15) is 31.7 Å². The first-order chi connectivity index (χ1) is 11.6. The van der Waals surface area contributed by atoms with Gasteiger partial charge in [-0.3, -0.25) is 0 Å². The van der Waals surface area contributed by atoms with E-state index in [1.165, 1.54) is 0 Å². The number of carbonyl (C=O) groups is 1. The Kier molecular flexibility index (Phi) is 5.48. The van der Waals surface area contributed by atoms with Crippen LogP contribution in [0.3, 0.4) is 0 Å². The molecule has 0 spiro atoms. The van der Waals surface area contributed by atoms with Crippen LogP contribution in [0.4, 0.5) is 13.2 Å². The van der Waals surface area contributed by atoms with E-state index in [-0.39, 0.29) is 25.9 Å². The summed E-state index contributed by atoms with van der Waals surface area (Å²) in [6.07, 6.45) is -5.62. The second kappa shape index (κ2) is 6.95. The van der Waals surface area contributed by atoms with Crippen molar-refractivity contribution in [2.24, 2.45) is 0 Å². The molecule has 0 aromatic heterocycles. The van der Waals surface area contributed by atoms with Gasteiger partial charge in [0.05, 0.1) is 22.3 Å². The Bertz CT molecular complexity index is 744. The minimum Gasteiger partial charge on any atom is -0.467 e. The lowest BCUT2D eigenvalue weighted by molar-refractivity contribution is -0.158. The van der Waals surface area contributed by atoms with E-state index in [1.54, 1.807) is 6.92 Å². The molecule has 0 radical (unpaired) electrons. The monoisotopic (exact) mass is 380 g/mol. The van der Waals surface area contributed by atoms with Gasteiger partial charge in [0.1, 0.15) is 0 Å². The third-order valence-corrected chi connectivity index (χ3v) is 7.26. The van der Waals surface area contributed by atoms with Crippen LogP contribution in [0.25, 0.3) is 0 Å². The Morgan fingerprint density at radius 2 is 2.08 bits per heavy atom. The molecule has 0 aliphatic carbocycles. The van der Waals surface area contributed by atoms with E-state index in [4.69, 9.17) is 4.74 Å². The SMILES string of the molecule is CCC1(S(=O)(=O)c2cccc(C(F)(F)F)c2)CCOC(C(=O)OC)C1. The summed E-state index contributed by atoms with van der Waals surface area (Å²) in [5, 5.41) is 0. The summed E-state index contributed by atoms with van der Waals surface area (Å²) in [7, 11) is -2.96. The molecule has 0 N–H and O–H groups in total. The zero-order valence-electron chi connectivity index (χ0n) is 13.8. The molecule has 2 unspecified atom stereocenters. The summed E-state index contributed by atoms with van der Waals surface area (Å²) in [6.45, 7) is 1.64. The van der Waals surface area contributed by atoms with Crippen molar-refractivity contribution >= 4 is 15.8 Å². The smallest absolute Gasteiger partial charge is 0.416 e. The van der Waals surface area contributed by atoms with Crippen LogP contribution in [0.15, 0.2) is 29.2 Å². The van der Waals surface area contributed by atoms with Gasteiger partial charge < -0.3 is 9.47 Å². The summed E-state index contributed by atoms with van der Waals surface area (Å²) >= 11 is 0. The fourth-order valence-corrected chi connectivity index (χ4v) is 5.16. The number of rotatable bonds is 4. The first kappa shape index (κ1) is 19.7. The van der Waals surface area contributed by atoms with Crippen LogP contribution in [-0.4, -0.2) is 39.0 Å². The maximum Gasteiger partial charge on any atom is 0.416 e. The molecule has 25 heavy (non-hydrogen) atoms. The fourth-order valence-electron chi connectivity index (χ4n) is 3.01. The molecule has 9 heteroatoms. The fraction of sp³-hybridized carbons (Fsp3) is 0.562. The summed E-state index contributed by atoms with van der Waals surface area (Å²) in [6, 6.07) is 3.66. The average Bonchev–Trinajstić information content (AvgIpc) is 2.60. The third-order valence-electron chi connectivity index (χ3n) is 4.58. The van der Waals surface area contributed by atoms with Crippen LogP contribution in [0, 0.1) is 0 Å². The van der Waals surface area contributed by atoms with Crippen LogP contribution >= 0.6 is 0 Å². The lowest BCUT2D eigenvalue weighted by atomic mass is 9.92. The predicted octanol–water partition coefficient (Wildman–Crippen LogP) is 2.98. The summed E-state index contributed by atoms with van der Waals surface area (Å²) in [4.78, 5) is 11.3. The Morgan fingerprint density at radius 3 is 2.64 bits per heavy atom. The topological polar surface area (TPSA) is 69.7 Å². The van der Waals surface area contributed by atoms with Gasteiger partial charge in [-0.1, -0.05) is 13.0 Å². The van der Waals surface area contributed by atoms with Crippen LogP contribution in [0.2, 0.25) is 0 Å². The highest BCUT2D eigenvalue weighted by Crippen LogP contribution is 2.41. The lowest BCUT2D eigenvalue weighted by Crippen LogP contribution is -2.49. The van der Waals surface area contributed by atoms with Crippen molar-refractivity contribution < 1.29 is 35.9 Å². The maximum atomic E-state index is 13.1. The molecule has 0 saturated carbocycles. The van der Waals surface area contributed by atoms with E-state index >= 15 is 0 Å². The van der Waals surface area contributed by atoms with Crippen molar-refractivity contribution in [3.05, 3.63) is 29.8 Å². The average molecular weight is 380 g/mol. The Hall–Kier alpha value is -1.61. The first-order valence-corrected chi connectivity index (χ1v) is 9.17. The maximum absolute atomic E-state index is 13.1. The van der Waals surface area contributed by atoms with E-state index < -0.39 is 43.3 Å². The minimum atomic E-state index is -4.64. The van der Waals surface area contributed by atoms with Gasteiger partial charge in [0, 0.05) is 13.0 Å². The number of ether oxygens (including phenoxy) is 2. The molecule has 0 amide bonds. The molecule has 2 rings (SSSR count). The minimum absolute atomic E-state index is 0.00575. The van der Waals surface area contributed by atoms with Crippen LogP contribution in [0.5, 0.6) is 0 Å². The zero-order valence-corrected chi connectivity index (χ0v) is 14.6. The molecule has 1 aliphatic heterocycles. The van der Waals surface area contributed by atoms with E-state index in [9.17, 15) is 26.4 Å². The van der Waals surface area contributed by atoms with Gasteiger partial charge in [-0.05, 0) is 31.0 Å². The molecule has 1 aromatic carbocycles. The van der Waals surface area contributed by atoms with E-state index in [0.717, 1.165) is 25.3 Å². The zero-order chi connectivity index (χ0) is 18.9. The van der Waals surface area contributed by atoms with Gasteiger partial charge in [0.15, 0.2) is 15.9 Å². The lowest BCUT2D eigenvalue weighted by Gasteiger charge is -2.38. The number of hydrogen-bond donors (Lipinski definition) is 0. The molecule has 1 aliphatic rings. The molecule has 0 bridgehead atoms. The number of benzene rings is 1. The largest absolute Gasteiger partial charge is 0.467 e. The van der Waals surface area contributed by atoms with Crippen molar-refractivity contribution in [3.8, 4) is 0 Å². The van der Waals surface area contributed by atoms with E-state index in [2.05, 4.69) is 4.74 Å². The van der Waals surface area contributed by atoms with E-state index in [0.29, 0.717) is 6.07 Å². The number of methoxy groups -OCH3 is 1. The number of carbonyl (C=O) groups excluding carboxylic acids is 1. The standard InChI is InChI=1S/C16H19F3O5S/c1-3-15(7-8-24-13(10-15)14(20)23-2)25(21,22)12-6-4-5-11(9-12)16(17,18)19/h4-6,9,13H,3,7-8,10H2,1-2H3. The number of alkyl halides is 3. The molecule has 2 atom stereocenters. The summed E-state index contributed by atoms with van der Waals surface area (Å²) < 4.78 is 73.4. The molecule has 5 nitrogen and oxygen atoms in total. The van der Waals surface area contributed by atoms with Crippen LogP contribution < -0.4 is 0 Å². The number of esters is 1. The van der Waals surface area contributed by atoms with Crippen molar-refractivity contribution in [2.75, 3.05) is 13.7 Å². The van der Waals surface area contributed by atoms with Gasteiger partial charge in [-0.2, -0.15) is 13.2 Å². The second-order valence-electron chi connectivity index (χ2n) is 5.90. The number of hydrogen-bond acceptors (Lipinski definition) is 5. The van der Waals surface area contributed by atoms with Gasteiger partial charge in [0.2, 0.25) is 0 Å². The summed E-state index contributed by atoms with van der Waals surface area (Å²) in [5.41, 5.74) is -1.03. The highest BCUT2D eigenvalue weighted by molar-refractivity contribution is 7.92. The molecule has 1 aromatic rings. The van der Waals surface area contributed by atoms with Gasteiger partial charge in [-0.15, -0.1) is 0 Å². The van der Waals surface area contributed by atoms with Gasteiger partial charge in [-0.25, -0.2) is 13.2 Å². The number of halogens is 3. The van der Waals surface area contributed by atoms with Crippen LogP contribution in [-0.2, 0) is 30.3 Å². The van der Waals surface area contributed by atoms with Gasteiger partial charge in [0.25, 0.3) is 0 Å². The third kappa shape index (κ3) is 3.67. The van der Waals surface area contributed by atoms with Gasteiger partial charge >= 0.3 is 12.1 Å². The second-order valence-corrected chi connectivity index (χ2v) is 8.25. The highest BCUT2D eigenvalue weighted by atomic mass is 32.2. The summed E-state index contributed by atoms with van der Waals surface area (Å²) in [5.74, 6) is -0.697. The Morgan fingerprint density at radius 1 is 1.40 bits per heavy atom. The van der Waals surface area contributed by atoms with E-state index in [1.807, 2.05) is 0 Å². The normalized spacial score (nSPS) is 24.8. The van der Waals surface area contributed by atoms with Crippen molar-refractivity contribution in [2.45, 2.75) is 48.1 Å². The first-order valence-electron chi connectivity index (χ1n) is 7.69. The quantitative estimate of drug-likeness (QED) is 0.751. The molecular formula is C16H19F3O5S. The number of sulfone groups is 1. The molecular weight excluding hydrogens is 361 g/mol. The molecule has 140 valence electrons. The Labute approximate surface area is 144 Å². The highest BCUT2D eigenvalue weighted by Gasteiger charge is 2.49. The molecule has 1 fully saturated rings. The molecule has 1 saturated heterocycles. The Balaban J connectivity index is 2.47. The van der Waals surface area contributed by atoms with Crippen molar-refractivity contribution in [1.82, 2.24) is 0 Å². The van der Waals surface area contributed by atoms with Crippen molar-refractivity contribution in [3.63, 3.8) is 0 Å². The van der Waals surface area contributed by atoms with Crippen molar-refractivity contribution in [1.29, 1.82) is 0 Å².